The topological polar surface area (TPSA) is 37.4 Å². The molecule has 0 aromatic carbocycles. The second-order valence-electron chi connectivity index (χ2n) is 6.28. The molecule has 4 atom stereocenters. The summed E-state index contributed by atoms with van der Waals surface area (Å²) in [6.45, 7) is 0. The van der Waals surface area contributed by atoms with E-state index in [1.54, 1.807) is 0 Å². The summed E-state index contributed by atoms with van der Waals surface area (Å²) in [6, 6.07) is 0.319. The molecule has 4 heteroatoms. The largest absolute Gasteiger partial charge is 0.289 e. The fourth-order valence-electron chi connectivity index (χ4n) is 4.32. The van der Waals surface area contributed by atoms with Crippen LogP contribution in [0.15, 0.2) is 0 Å². The van der Waals surface area contributed by atoms with Crippen molar-refractivity contribution in [2.45, 2.75) is 56.2 Å². The predicted molar refractivity (Wildman–Crippen MR) is 68.4 cm³/mol. The molecule has 3 aliphatic rings. The van der Waals surface area contributed by atoms with Crippen LogP contribution in [0.5, 0.6) is 0 Å². The van der Waals surface area contributed by atoms with Gasteiger partial charge < -0.3 is 0 Å². The van der Waals surface area contributed by atoms with Gasteiger partial charge in [0.1, 0.15) is 5.88 Å². The molecule has 0 radical (unpaired) electrons. The van der Waals surface area contributed by atoms with Crippen molar-refractivity contribution in [3.8, 4) is 0 Å². The van der Waals surface area contributed by atoms with E-state index in [-0.39, 0.29) is 5.25 Å². The quantitative estimate of drug-likeness (QED) is 0.666. The first kappa shape index (κ1) is 12.0. The normalized spacial score (nSPS) is 45.9. The smallest absolute Gasteiger partial charge is 0.167 e. The number of hydrogen-bond acceptors (Lipinski definition) is 3. The molecule has 0 aromatic heterocycles. The fraction of sp³-hybridized carbons (Fsp3) is 1.00. The predicted octanol–water partition coefficient (Wildman–Crippen LogP) is 2.03. The summed E-state index contributed by atoms with van der Waals surface area (Å²) in [6.07, 6.45) is 8.70. The van der Waals surface area contributed by atoms with Crippen molar-refractivity contribution in [2.24, 2.45) is 11.8 Å². The van der Waals surface area contributed by atoms with Gasteiger partial charge in [-0.1, -0.05) is 32.1 Å². The molecule has 0 aromatic rings. The van der Waals surface area contributed by atoms with E-state index in [9.17, 15) is 8.42 Å². The van der Waals surface area contributed by atoms with E-state index in [1.165, 1.54) is 32.1 Å². The molecule has 17 heavy (non-hydrogen) atoms. The molecule has 4 unspecified atom stereocenters. The van der Waals surface area contributed by atoms with E-state index in [0.29, 0.717) is 17.8 Å². The molecule has 3 rings (SSSR count). The molecule has 2 saturated carbocycles. The third-order valence-corrected chi connectivity index (χ3v) is 7.43. The molecule has 0 N–H and O–H groups in total. The minimum atomic E-state index is -2.83. The lowest BCUT2D eigenvalue weighted by molar-refractivity contribution is 0.142. The van der Waals surface area contributed by atoms with Gasteiger partial charge in [-0.05, 0) is 31.7 Å². The van der Waals surface area contributed by atoms with Crippen LogP contribution in [0.3, 0.4) is 0 Å². The zero-order chi connectivity index (χ0) is 12.0. The monoisotopic (exact) mass is 257 g/mol. The molecule has 98 valence electrons. The van der Waals surface area contributed by atoms with E-state index >= 15 is 0 Å². The van der Waals surface area contributed by atoms with Gasteiger partial charge in [0.2, 0.25) is 0 Å². The van der Waals surface area contributed by atoms with E-state index in [0.717, 1.165) is 18.8 Å². The summed E-state index contributed by atoms with van der Waals surface area (Å²) in [4.78, 5) is 2.08. The van der Waals surface area contributed by atoms with Crippen LogP contribution in [-0.4, -0.2) is 37.5 Å². The molecule has 1 saturated heterocycles. The summed E-state index contributed by atoms with van der Waals surface area (Å²) in [7, 11) is -0.848. The first-order chi connectivity index (χ1) is 8.08. The van der Waals surface area contributed by atoms with Crippen LogP contribution >= 0.6 is 0 Å². The number of hydrogen-bond donors (Lipinski definition) is 0. The molecule has 2 aliphatic carbocycles. The van der Waals surface area contributed by atoms with E-state index in [2.05, 4.69) is 4.90 Å². The molecule has 0 amide bonds. The highest BCUT2D eigenvalue weighted by molar-refractivity contribution is 7.92. The van der Waals surface area contributed by atoms with Crippen molar-refractivity contribution in [3.05, 3.63) is 0 Å². The number of rotatable bonds is 0. The van der Waals surface area contributed by atoms with Gasteiger partial charge in [-0.3, -0.25) is 4.90 Å². The Morgan fingerprint density at radius 1 is 1.00 bits per heavy atom. The third kappa shape index (κ3) is 2.03. The second-order valence-corrected chi connectivity index (χ2v) is 8.47. The van der Waals surface area contributed by atoms with Crippen LogP contribution in [0.2, 0.25) is 0 Å². The van der Waals surface area contributed by atoms with Crippen LogP contribution in [0.25, 0.3) is 0 Å². The van der Waals surface area contributed by atoms with Crippen LogP contribution in [-0.2, 0) is 9.84 Å². The maximum atomic E-state index is 12.1. The molecule has 0 bridgehead atoms. The lowest BCUT2D eigenvalue weighted by Gasteiger charge is -2.38. The molecule has 3 nitrogen and oxygen atoms in total. The van der Waals surface area contributed by atoms with E-state index in [4.69, 9.17) is 0 Å². The Labute approximate surface area is 104 Å². The SMILES string of the molecule is CN1CS(=O)(=O)C2CC3CCCCCC3CC21. The molecule has 1 aliphatic heterocycles. The number of sulfone groups is 1. The highest BCUT2D eigenvalue weighted by atomic mass is 32.2. The Kier molecular flexibility index (Phi) is 2.98. The van der Waals surface area contributed by atoms with Crippen molar-refractivity contribution in [1.82, 2.24) is 4.90 Å². The summed E-state index contributed by atoms with van der Waals surface area (Å²) in [5, 5.41) is -0.0492. The maximum Gasteiger partial charge on any atom is 0.167 e. The average molecular weight is 257 g/mol. The van der Waals surface area contributed by atoms with E-state index < -0.39 is 9.84 Å². The van der Waals surface area contributed by atoms with Crippen molar-refractivity contribution >= 4 is 9.84 Å². The Hall–Kier alpha value is -0.0900. The summed E-state index contributed by atoms with van der Waals surface area (Å²) < 4.78 is 24.3. The number of fused-ring (bicyclic) bond motifs is 2. The summed E-state index contributed by atoms with van der Waals surface area (Å²) in [5.74, 6) is 1.79. The first-order valence-corrected chi connectivity index (χ1v) is 8.71. The van der Waals surface area contributed by atoms with Crippen LogP contribution in [0.1, 0.15) is 44.9 Å². The zero-order valence-electron chi connectivity index (χ0n) is 10.6. The molecule has 3 fully saturated rings. The minimum absolute atomic E-state index is 0.0492. The number of nitrogens with zero attached hydrogens (tertiary/aromatic N) is 1. The average Bonchev–Trinajstić information content (AvgIpc) is 2.46. The lowest BCUT2D eigenvalue weighted by Crippen LogP contribution is -2.42. The lowest BCUT2D eigenvalue weighted by atomic mass is 9.74. The molecular weight excluding hydrogens is 234 g/mol. The van der Waals surface area contributed by atoms with Gasteiger partial charge in [0.15, 0.2) is 9.84 Å². The van der Waals surface area contributed by atoms with Crippen molar-refractivity contribution < 1.29 is 8.42 Å². The van der Waals surface area contributed by atoms with Gasteiger partial charge >= 0.3 is 0 Å². The molecule has 1 heterocycles. The van der Waals surface area contributed by atoms with Gasteiger partial charge in [-0.15, -0.1) is 0 Å². The fourth-order valence-corrected chi connectivity index (χ4v) is 6.61. The summed E-state index contributed by atoms with van der Waals surface area (Å²) in [5.41, 5.74) is 0. The third-order valence-electron chi connectivity index (χ3n) is 5.24. The van der Waals surface area contributed by atoms with Crippen molar-refractivity contribution in [2.75, 3.05) is 12.9 Å². The van der Waals surface area contributed by atoms with Crippen LogP contribution < -0.4 is 0 Å². The van der Waals surface area contributed by atoms with Gasteiger partial charge in [0.25, 0.3) is 0 Å². The van der Waals surface area contributed by atoms with Crippen molar-refractivity contribution in [3.63, 3.8) is 0 Å². The Morgan fingerprint density at radius 3 is 2.35 bits per heavy atom. The Balaban J connectivity index is 1.84. The van der Waals surface area contributed by atoms with Crippen LogP contribution in [0.4, 0.5) is 0 Å². The highest BCUT2D eigenvalue weighted by Crippen LogP contribution is 2.45. The Morgan fingerprint density at radius 2 is 1.65 bits per heavy atom. The van der Waals surface area contributed by atoms with Crippen molar-refractivity contribution in [1.29, 1.82) is 0 Å². The van der Waals surface area contributed by atoms with Crippen LogP contribution in [0, 0.1) is 11.8 Å². The summed E-state index contributed by atoms with van der Waals surface area (Å²) >= 11 is 0. The van der Waals surface area contributed by atoms with Gasteiger partial charge in [0, 0.05) is 6.04 Å². The van der Waals surface area contributed by atoms with Gasteiger partial charge in [0.05, 0.1) is 5.25 Å². The molecule has 0 spiro atoms. The minimum Gasteiger partial charge on any atom is -0.289 e. The van der Waals surface area contributed by atoms with E-state index in [1.807, 2.05) is 7.05 Å². The first-order valence-electron chi connectivity index (χ1n) is 7.00. The van der Waals surface area contributed by atoms with Gasteiger partial charge in [-0.2, -0.15) is 0 Å². The Bertz CT molecular complexity index is 392. The van der Waals surface area contributed by atoms with Gasteiger partial charge in [-0.25, -0.2) is 8.42 Å². The standard InChI is InChI=1S/C13H23NO2S/c1-14-9-17(15,16)13-8-11-6-4-2-3-5-10(11)7-12(13)14/h10-13H,2-9H2,1H3. The maximum absolute atomic E-state index is 12.1. The highest BCUT2D eigenvalue weighted by Gasteiger charge is 2.49. The molecular formula is C13H23NO2S. The second kappa shape index (κ2) is 4.23. The zero-order valence-corrected chi connectivity index (χ0v) is 11.5.